The molecule has 0 atom stereocenters. The molecule has 1 aliphatic carbocycles. The first-order valence-electron chi connectivity index (χ1n) is 6.61. The van der Waals surface area contributed by atoms with Crippen molar-refractivity contribution in [2.45, 2.75) is 36.4 Å². The van der Waals surface area contributed by atoms with Gasteiger partial charge in [-0.1, -0.05) is 49.2 Å². The molecule has 3 heteroatoms. The highest BCUT2D eigenvalue weighted by atomic mass is 32.2. The molecule has 1 heterocycles. The number of thioether (sulfide) groups is 1. The van der Waals surface area contributed by atoms with Gasteiger partial charge in [-0.25, -0.2) is 4.98 Å². The molecule has 0 aliphatic heterocycles. The van der Waals surface area contributed by atoms with Crippen LogP contribution in [-0.2, 0) is 0 Å². The van der Waals surface area contributed by atoms with Gasteiger partial charge in [-0.2, -0.15) is 0 Å². The molecule has 0 amide bonds. The van der Waals surface area contributed by atoms with Gasteiger partial charge in [0, 0.05) is 0 Å². The Kier molecular flexibility index (Phi) is 4.01. The van der Waals surface area contributed by atoms with Gasteiger partial charge in [-0.3, -0.25) is 0 Å². The highest BCUT2D eigenvalue weighted by Gasteiger charge is 2.09. The number of aromatic nitrogens is 1. The number of thiazole rings is 1. The molecule has 0 N–H and O–H groups in total. The van der Waals surface area contributed by atoms with Gasteiger partial charge in [0.15, 0.2) is 4.34 Å². The van der Waals surface area contributed by atoms with Crippen LogP contribution in [-0.4, -0.2) is 4.98 Å². The summed E-state index contributed by atoms with van der Waals surface area (Å²) in [5.74, 6) is 0.806. The first kappa shape index (κ1) is 12.2. The van der Waals surface area contributed by atoms with E-state index in [-0.39, 0.29) is 0 Å². The molecule has 1 saturated carbocycles. The maximum absolute atomic E-state index is 4.63. The van der Waals surface area contributed by atoms with Gasteiger partial charge in [0.1, 0.15) is 0 Å². The number of benzene rings is 1. The van der Waals surface area contributed by atoms with Gasteiger partial charge in [0.2, 0.25) is 0 Å². The Balaban J connectivity index is 1.63. The molecule has 1 aliphatic rings. The second-order valence-electron chi connectivity index (χ2n) is 4.79. The lowest BCUT2D eigenvalue weighted by atomic mass is 9.90. The number of nitrogens with zero attached hydrogens (tertiary/aromatic N) is 1. The summed E-state index contributed by atoms with van der Waals surface area (Å²) in [5, 5.41) is 2.24. The van der Waals surface area contributed by atoms with Crippen molar-refractivity contribution in [1.82, 2.24) is 4.98 Å². The zero-order chi connectivity index (χ0) is 12.2. The van der Waals surface area contributed by atoms with Crippen LogP contribution in [0.25, 0.3) is 10.2 Å². The van der Waals surface area contributed by atoms with E-state index in [4.69, 9.17) is 0 Å². The minimum Gasteiger partial charge on any atom is -0.229 e. The average molecular weight is 275 g/mol. The van der Waals surface area contributed by atoms with Crippen molar-refractivity contribution >= 4 is 33.3 Å². The predicted octanol–water partition coefficient (Wildman–Crippen LogP) is 5.48. The van der Waals surface area contributed by atoms with Gasteiger partial charge in [0.25, 0.3) is 0 Å². The normalized spacial score (nSPS) is 17.8. The summed E-state index contributed by atoms with van der Waals surface area (Å²) in [6, 6.07) is 8.35. The molecular weight excluding hydrogens is 258 g/mol. The van der Waals surface area contributed by atoms with Crippen LogP contribution in [0.1, 0.15) is 32.1 Å². The van der Waals surface area contributed by atoms with Crippen LogP contribution in [0, 0.1) is 5.92 Å². The molecule has 0 unspecified atom stereocenters. The van der Waals surface area contributed by atoms with E-state index in [1.807, 2.05) is 6.07 Å². The van der Waals surface area contributed by atoms with Crippen LogP contribution in [0.5, 0.6) is 0 Å². The van der Waals surface area contributed by atoms with Crippen molar-refractivity contribution < 1.29 is 0 Å². The molecule has 1 fully saturated rings. The molecule has 0 bridgehead atoms. The topological polar surface area (TPSA) is 12.9 Å². The van der Waals surface area contributed by atoms with Gasteiger partial charge >= 0.3 is 0 Å². The fraction of sp³-hybridized carbons (Fsp3) is 0.400. The van der Waals surface area contributed by atoms with Crippen molar-refractivity contribution in [3.8, 4) is 0 Å². The van der Waals surface area contributed by atoms with Crippen LogP contribution < -0.4 is 0 Å². The molecule has 0 radical (unpaired) electrons. The number of para-hydroxylation sites is 1. The van der Waals surface area contributed by atoms with Gasteiger partial charge < -0.3 is 0 Å². The van der Waals surface area contributed by atoms with Crippen LogP contribution in [0.3, 0.4) is 0 Å². The maximum Gasteiger partial charge on any atom is 0.155 e. The monoisotopic (exact) mass is 275 g/mol. The highest BCUT2D eigenvalue weighted by Crippen LogP contribution is 2.31. The van der Waals surface area contributed by atoms with Crippen LogP contribution in [0.2, 0.25) is 0 Å². The standard InChI is InChI=1S/C15H17NS2/c1-2-6-12(7-3-1)10-11-17-15-16-13-8-4-5-9-14(13)18-15/h4-5,8-12H,1-3,6-7H2/b11-10+. The largest absolute Gasteiger partial charge is 0.229 e. The third-order valence-electron chi connectivity index (χ3n) is 3.44. The third-order valence-corrected chi connectivity index (χ3v) is 5.40. The van der Waals surface area contributed by atoms with E-state index in [2.05, 4.69) is 34.7 Å². The second-order valence-corrected chi connectivity index (χ2v) is 6.98. The predicted molar refractivity (Wildman–Crippen MR) is 81.2 cm³/mol. The highest BCUT2D eigenvalue weighted by molar-refractivity contribution is 8.03. The number of hydrogen-bond donors (Lipinski definition) is 0. The first-order chi connectivity index (χ1) is 8.92. The summed E-state index contributed by atoms with van der Waals surface area (Å²) in [5.41, 5.74) is 1.12. The van der Waals surface area contributed by atoms with Crippen molar-refractivity contribution in [2.75, 3.05) is 0 Å². The van der Waals surface area contributed by atoms with E-state index >= 15 is 0 Å². The lowest BCUT2D eigenvalue weighted by molar-refractivity contribution is 0.420. The Labute approximate surface area is 116 Å². The minimum atomic E-state index is 0.806. The molecular formula is C15H17NS2. The average Bonchev–Trinajstić information content (AvgIpc) is 2.82. The zero-order valence-corrected chi connectivity index (χ0v) is 12.0. The Hall–Kier alpha value is -0.800. The number of rotatable bonds is 3. The maximum atomic E-state index is 4.63. The van der Waals surface area contributed by atoms with E-state index in [9.17, 15) is 0 Å². The van der Waals surface area contributed by atoms with Gasteiger partial charge in [-0.05, 0) is 36.3 Å². The molecule has 1 aromatic heterocycles. The first-order valence-corrected chi connectivity index (χ1v) is 8.30. The third kappa shape index (κ3) is 2.96. The Morgan fingerprint density at radius 1 is 1.17 bits per heavy atom. The lowest BCUT2D eigenvalue weighted by Gasteiger charge is -2.17. The molecule has 18 heavy (non-hydrogen) atoms. The Morgan fingerprint density at radius 3 is 2.83 bits per heavy atom. The van der Waals surface area contributed by atoms with E-state index in [1.54, 1.807) is 23.1 Å². The van der Waals surface area contributed by atoms with Crippen LogP contribution in [0.15, 0.2) is 40.1 Å². The van der Waals surface area contributed by atoms with Crippen LogP contribution in [0.4, 0.5) is 0 Å². The van der Waals surface area contributed by atoms with E-state index in [1.165, 1.54) is 36.8 Å². The molecule has 1 nitrogen and oxygen atoms in total. The number of fused-ring (bicyclic) bond motifs is 1. The molecule has 3 rings (SSSR count). The SMILES string of the molecule is C(=C\C1CCCCC1)/Sc1nc2ccccc2s1. The van der Waals surface area contributed by atoms with Crippen molar-refractivity contribution in [1.29, 1.82) is 0 Å². The van der Waals surface area contributed by atoms with Crippen molar-refractivity contribution in [3.63, 3.8) is 0 Å². The summed E-state index contributed by atoms with van der Waals surface area (Å²) in [6.07, 6.45) is 9.36. The van der Waals surface area contributed by atoms with Crippen LogP contribution >= 0.6 is 23.1 Å². The summed E-state index contributed by atoms with van der Waals surface area (Å²) in [4.78, 5) is 4.63. The summed E-state index contributed by atoms with van der Waals surface area (Å²) in [6.45, 7) is 0. The quantitative estimate of drug-likeness (QED) is 0.688. The zero-order valence-electron chi connectivity index (χ0n) is 10.3. The Morgan fingerprint density at radius 2 is 2.00 bits per heavy atom. The minimum absolute atomic E-state index is 0.806. The number of allylic oxidation sites excluding steroid dienone is 1. The Bertz CT molecular complexity index is 505. The fourth-order valence-electron chi connectivity index (χ4n) is 2.44. The van der Waals surface area contributed by atoms with E-state index in [0.717, 1.165) is 15.8 Å². The van der Waals surface area contributed by atoms with Crippen molar-refractivity contribution in [2.24, 2.45) is 5.92 Å². The molecule has 2 aromatic rings. The smallest absolute Gasteiger partial charge is 0.155 e. The van der Waals surface area contributed by atoms with Gasteiger partial charge in [-0.15, -0.1) is 11.3 Å². The fourth-order valence-corrected chi connectivity index (χ4v) is 4.33. The summed E-state index contributed by atoms with van der Waals surface area (Å²) in [7, 11) is 0. The van der Waals surface area contributed by atoms with Gasteiger partial charge in [0.05, 0.1) is 10.2 Å². The molecule has 1 aromatic carbocycles. The van der Waals surface area contributed by atoms with E-state index < -0.39 is 0 Å². The molecule has 0 spiro atoms. The number of hydrogen-bond acceptors (Lipinski definition) is 3. The molecule has 94 valence electrons. The molecule has 0 saturated heterocycles. The second kappa shape index (κ2) is 5.89. The summed E-state index contributed by atoms with van der Waals surface area (Å²) >= 11 is 3.55. The summed E-state index contributed by atoms with van der Waals surface area (Å²) < 4.78 is 2.44. The van der Waals surface area contributed by atoms with E-state index in [0.29, 0.717) is 0 Å². The lowest BCUT2D eigenvalue weighted by Crippen LogP contribution is -2.01. The van der Waals surface area contributed by atoms with Crippen molar-refractivity contribution in [3.05, 3.63) is 35.7 Å².